The quantitative estimate of drug-likeness (QED) is 0.216. The molecule has 0 saturated carbocycles. The molecule has 0 atom stereocenters. The largest absolute Gasteiger partial charge is 0.326 e. The maximum atomic E-state index is 13.3. The summed E-state index contributed by atoms with van der Waals surface area (Å²) in [6.07, 6.45) is 1.27. The average molecular weight is 669 g/mol. The van der Waals surface area contributed by atoms with Crippen LogP contribution in [0.4, 0.5) is 11.4 Å². The second kappa shape index (κ2) is 14.4. The smallest absolute Gasteiger partial charge is 0.267 e. The molecule has 2 aromatic carbocycles. The van der Waals surface area contributed by atoms with Crippen LogP contribution in [-0.4, -0.2) is 55.2 Å². The van der Waals surface area contributed by atoms with Crippen LogP contribution in [-0.2, 0) is 19.2 Å². The molecule has 0 unspecified atom stereocenters. The molecule has 2 heterocycles. The van der Waals surface area contributed by atoms with E-state index < -0.39 is 0 Å². The number of aryl methyl sites for hydroxylation is 6. The molecular formula is C32H36N4O4S4. The first kappa shape index (κ1) is 33.8. The molecule has 2 N–H and O–H groups in total. The Morgan fingerprint density at radius 1 is 0.636 bits per heavy atom. The van der Waals surface area contributed by atoms with Crippen LogP contribution in [0.3, 0.4) is 0 Å². The lowest BCUT2D eigenvalue weighted by Gasteiger charge is -2.16. The van der Waals surface area contributed by atoms with Crippen molar-refractivity contribution >= 4 is 91.6 Å². The molecular weight excluding hydrogens is 633 g/mol. The third-order valence-electron chi connectivity index (χ3n) is 7.36. The number of anilines is 2. The molecule has 8 nitrogen and oxygen atoms in total. The van der Waals surface area contributed by atoms with Crippen LogP contribution in [0.5, 0.6) is 0 Å². The van der Waals surface area contributed by atoms with E-state index in [1.807, 2.05) is 65.8 Å². The van der Waals surface area contributed by atoms with Gasteiger partial charge in [0, 0.05) is 37.3 Å². The van der Waals surface area contributed by atoms with Gasteiger partial charge in [0.05, 0.1) is 9.81 Å². The Labute approximate surface area is 277 Å². The summed E-state index contributed by atoms with van der Waals surface area (Å²) in [4.78, 5) is 55.2. The maximum Gasteiger partial charge on any atom is 0.267 e. The number of benzene rings is 2. The van der Waals surface area contributed by atoms with E-state index in [1.165, 1.54) is 9.80 Å². The Bertz CT molecular complexity index is 1450. The second-order valence-corrected chi connectivity index (χ2v) is 14.4. The van der Waals surface area contributed by atoms with Crippen molar-refractivity contribution in [1.29, 1.82) is 0 Å². The molecule has 232 valence electrons. The van der Waals surface area contributed by atoms with Gasteiger partial charge in [-0.05, 0) is 76.6 Å². The number of rotatable bonds is 10. The Kier molecular flexibility index (Phi) is 11.0. The van der Waals surface area contributed by atoms with Crippen molar-refractivity contribution in [2.45, 2.75) is 67.2 Å². The summed E-state index contributed by atoms with van der Waals surface area (Å²) in [5, 5.41) is 5.96. The lowest BCUT2D eigenvalue weighted by Crippen LogP contribution is -2.31. The summed E-state index contributed by atoms with van der Waals surface area (Å²) in [6, 6.07) is 8.10. The van der Waals surface area contributed by atoms with Gasteiger partial charge in [-0.15, -0.1) is 0 Å². The standard InChI is InChI=1S/C32H36N4O4S4/c1-17-13-19(3)25(20(4)14-17)33-23(37)9-7-11-35-29(39)27(43-31(35)41)28-30(40)36(32(42)44-28)12-8-10-24(38)34-26-21(5)15-18(2)16-22(26)6/h13-16H,7-12H2,1-6H3,(H,33,37)(H,34,38)/b28-27+. The van der Waals surface area contributed by atoms with Crippen molar-refractivity contribution in [3.63, 3.8) is 0 Å². The van der Waals surface area contributed by atoms with Gasteiger partial charge in [0.15, 0.2) is 0 Å². The predicted octanol–water partition coefficient (Wildman–Crippen LogP) is 6.61. The molecule has 2 aromatic rings. The molecule has 4 rings (SSSR count). The molecule has 2 fully saturated rings. The fourth-order valence-corrected chi connectivity index (χ4v) is 8.18. The lowest BCUT2D eigenvalue weighted by molar-refractivity contribution is -0.124. The predicted molar refractivity (Wildman–Crippen MR) is 188 cm³/mol. The van der Waals surface area contributed by atoms with Gasteiger partial charge in [-0.1, -0.05) is 83.4 Å². The zero-order valence-electron chi connectivity index (χ0n) is 25.7. The van der Waals surface area contributed by atoms with Gasteiger partial charge in [0.1, 0.15) is 8.64 Å². The Morgan fingerprint density at radius 2 is 0.955 bits per heavy atom. The number of thiocarbonyl (C=S) groups is 2. The summed E-state index contributed by atoms with van der Waals surface area (Å²) in [5.41, 5.74) is 7.89. The number of nitrogens with one attached hydrogen (secondary N) is 2. The Morgan fingerprint density at radius 3 is 1.27 bits per heavy atom. The van der Waals surface area contributed by atoms with Gasteiger partial charge in [-0.25, -0.2) is 0 Å². The first-order chi connectivity index (χ1) is 20.8. The SMILES string of the molecule is Cc1cc(C)c(NC(=O)CCCN2C(=O)/C(=C3\SC(=S)N(CCCC(=O)Nc4c(C)cc(C)cc4C)C3=O)SC2=S)c(C)c1. The van der Waals surface area contributed by atoms with Crippen molar-refractivity contribution in [3.05, 3.63) is 67.5 Å². The van der Waals surface area contributed by atoms with Crippen LogP contribution >= 0.6 is 48.0 Å². The third kappa shape index (κ3) is 7.77. The van der Waals surface area contributed by atoms with Crippen molar-refractivity contribution < 1.29 is 19.2 Å². The van der Waals surface area contributed by atoms with Crippen LogP contribution < -0.4 is 10.6 Å². The molecule has 4 amide bonds. The number of hydrogen-bond donors (Lipinski definition) is 2. The minimum Gasteiger partial charge on any atom is -0.326 e. The number of nitrogens with zero attached hydrogens (tertiary/aromatic N) is 2. The van der Waals surface area contributed by atoms with E-state index in [-0.39, 0.29) is 59.4 Å². The van der Waals surface area contributed by atoms with Crippen LogP contribution in [0.25, 0.3) is 0 Å². The molecule has 0 spiro atoms. The van der Waals surface area contributed by atoms with Crippen molar-refractivity contribution in [1.82, 2.24) is 9.80 Å². The fourth-order valence-electron chi connectivity index (χ4n) is 5.41. The van der Waals surface area contributed by atoms with Gasteiger partial charge in [-0.3, -0.25) is 29.0 Å². The van der Waals surface area contributed by atoms with E-state index in [1.54, 1.807) is 0 Å². The van der Waals surface area contributed by atoms with Gasteiger partial charge in [0.25, 0.3) is 11.8 Å². The maximum absolute atomic E-state index is 13.3. The number of hydrogen-bond acceptors (Lipinski definition) is 8. The van der Waals surface area contributed by atoms with Gasteiger partial charge < -0.3 is 10.6 Å². The molecule has 2 saturated heterocycles. The van der Waals surface area contributed by atoms with Gasteiger partial charge in [-0.2, -0.15) is 0 Å². The van der Waals surface area contributed by atoms with E-state index in [0.29, 0.717) is 21.5 Å². The number of thioether (sulfide) groups is 2. The lowest BCUT2D eigenvalue weighted by atomic mass is 10.0. The highest BCUT2D eigenvalue weighted by Crippen LogP contribution is 2.42. The minimum absolute atomic E-state index is 0.135. The zero-order chi connectivity index (χ0) is 32.3. The second-order valence-electron chi connectivity index (χ2n) is 11.2. The summed E-state index contributed by atoms with van der Waals surface area (Å²) >= 11 is 13.1. The number of carbonyl (C=O) groups excluding carboxylic acids is 4. The highest BCUT2D eigenvalue weighted by Gasteiger charge is 2.41. The van der Waals surface area contributed by atoms with Crippen molar-refractivity contribution in [3.8, 4) is 0 Å². The molecule has 44 heavy (non-hydrogen) atoms. The van der Waals surface area contributed by atoms with Crippen molar-refractivity contribution in [2.24, 2.45) is 0 Å². The zero-order valence-corrected chi connectivity index (χ0v) is 29.0. The number of amides is 4. The fraction of sp³-hybridized carbons (Fsp3) is 0.375. The van der Waals surface area contributed by atoms with E-state index in [2.05, 4.69) is 10.6 Å². The van der Waals surface area contributed by atoms with Crippen molar-refractivity contribution in [2.75, 3.05) is 23.7 Å². The summed E-state index contributed by atoms with van der Waals surface area (Å²) in [6.45, 7) is 12.4. The summed E-state index contributed by atoms with van der Waals surface area (Å²) in [5.74, 6) is -0.975. The minimum atomic E-state index is -0.352. The molecule has 0 radical (unpaired) electrons. The van der Waals surface area contributed by atoms with Gasteiger partial charge >= 0.3 is 0 Å². The molecule has 12 heteroatoms. The highest BCUT2D eigenvalue weighted by atomic mass is 32.2. The summed E-state index contributed by atoms with van der Waals surface area (Å²) in [7, 11) is 0. The van der Waals surface area contributed by atoms with Crippen LogP contribution in [0, 0.1) is 41.5 Å². The Balaban J connectivity index is 1.30. The van der Waals surface area contributed by atoms with Crippen LogP contribution in [0.15, 0.2) is 34.1 Å². The first-order valence-electron chi connectivity index (χ1n) is 14.3. The monoisotopic (exact) mass is 668 g/mol. The van der Waals surface area contributed by atoms with Gasteiger partial charge in [0.2, 0.25) is 11.8 Å². The van der Waals surface area contributed by atoms with E-state index in [0.717, 1.165) is 68.3 Å². The van der Waals surface area contributed by atoms with Crippen LogP contribution in [0.2, 0.25) is 0 Å². The van der Waals surface area contributed by atoms with E-state index in [4.69, 9.17) is 24.4 Å². The molecule has 2 aliphatic rings. The third-order valence-corrected chi connectivity index (χ3v) is 10.4. The molecule has 0 bridgehead atoms. The first-order valence-corrected chi connectivity index (χ1v) is 16.8. The van der Waals surface area contributed by atoms with Crippen LogP contribution in [0.1, 0.15) is 59.1 Å². The summed E-state index contributed by atoms with van der Waals surface area (Å²) < 4.78 is 0.693. The Hall–Kier alpha value is -3.06. The van der Waals surface area contributed by atoms with E-state index in [9.17, 15) is 19.2 Å². The molecule has 0 aliphatic carbocycles. The average Bonchev–Trinajstić information content (AvgIpc) is 3.37. The molecule has 0 aromatic heterocycles. The number of carbonyl (C=O) groups is 4. The topological polar surface area (TPSA) is 98.8 Å². The highest BCUT2D eigenvalue weighted by molar-refractivity contribution is 8.29. The molecule has 2 aliphatic heterocycles. The van der Waals surface area contributed by atoms with E-state index >= 15 is 0 Å². The normalized spacial score (nSPS) is 16.8.